The van der Waals surface area contributed by atoms with Gasteiger partial charge >= 0.3 is 0 Å². The Kier molecular flexibility index (Phi) is 12.6. The van der Waals surface area contributed by atoms with Gasteiger partial charge in [-0.15, -0.1) is 0 Å². The molecule has 0 saturated heterocycles. The zero-order valence-electron chi connectivity index (χ0n) is 40.9. The van der Waals surface area contributed by atoms with E-state index in [0.29, 0.717) is 11.5 Å². The molecule has 0 aromatic heterocycles. The molecule has 59 heavy (non-hydrogen) atoms. The summed E-state index contributed by atoms with van der Waals surface area (Å²) < 4.78 is 0. The first kappa shape index (κ1) is 47.8. The van der Waals surface area contributed by atoms with Crippen LogP contribution in [0.2, 0.25) is 0 Å². The van der Waals surface area contributed by atoms with Crippen molar-refractivity contribution in [1.82, 2.24) is 0 Å². The average molecular weight is 805 g/mol. The summed E-state index contributed by atoms with van der Waals surface area (Å²) in [5, 5.41) is 47.9. The molecule has 0 saturated carbocycles. The van der Waals surface area contributed by atoms with Gasteiger partial charge in [-0.1, -0.05) is 174 Å². The van der Waals surface area contributed by atoms with Crippen LogP contribution < -0.4 is 0 Å². The molecule has 0 atom stereocenters. The summed E-state index contributed by atoms with van der Waals surface area (Å²) in [6, 6.07) is 17.4. The minimum absolute atomic E-state index is 0.280. The summed E-state index contributed by atoms with van der Waals surface area (Å²) in [5.74, 6) is 0.860. The third-order valence-corrected chi connectivity index (χ3v) is 12.6. The lowest BCUT2D eigenvalue weighted by atomic mass is 9.56. The Morgan fingerprint density at radius 1 is 0.373 bits per heavy atom. The third kappa shape index (κ3) is 9.23. The number of rotatable bonds is 7. The minimum Gasteiger partial charge on any atom is -0.508 e. The zero-order chi connectivity index (χ0) is 45.4. The molecule has 0 fully saturated rings. The van der Waals surface area contributed by atoms with Crippen molar-refractivity contribution in [2.24, 2.45) is 0 Å². The molecule has 4 N–H and O–H groups in total. The van der Waals surface area contributed by atoms with Gasteiger partial charge in [-0.3, -0.25) is 0 Å². The predicted octanol–water partition coefficient (Wildman–Crippen LogP) is 14.8. The molecular formula is C55H80O4. The fourth-order valence-electron chi connectivity index (χ4n) is 9.51. The standard InChI is InChI=1S/C55H80O4/c1-22-23-55(36-30-38(49(4,5)6)44(56)24-32(36)2,37-31-39(50(7,8)9)45(57)25-33(37)3)46(34-26-40(51(10,11)12)47(58)41(27-34)52(13,14)15)35-28-42(53(16,17)18)48(59)43(29-35)54(19,20)21/h24-31,46,56-59H,22-23H2,1-21H3. The molecule has 0 aliphatic heterocycles. The summed E-state index contributed by atoms with van der Waals surface area (Å²) in [4.78, 5) is 0. The van der Waals surface area contributed by atoms with E-state index in [0.717, 1.165) is 79.6 Å². The molecule has 0 heterocycles. The topological polar surface area (TPSA) is 80.9 Å². The van der Waals surface area contributed by atoms with E-state index in [9.17, 15) is 20.4 Å². The molecule has 324 valence electrons. The lowest BCUT2D eigenvalue weighted by Crippen LogP contribution is -2.39. The summed E-state index contributed by atoms with van der Waals surface area (Å²) >= 11 is 0. The summed E-state index contributed by atoms with van der Waals surface area (Å²) in [6.45, 7) is 45.4. The number of benzene rings is 4. The molecule has 4 aromatic rings. The van der Waals surface area contributed by atoms with Crippen molar-refractivity contribution < 1.29 is 20.4 Å². The highest BCUT2D eigenvalue weighted by atomic mass is 16.3. The molecule has 4 nitrogen and oxygen atoms in total. The summed E-state index contributed by atoms with van der Waals surface area (Å²) in [5.41, 5.74) is 8.57. The van der Waals surface area contributed by atoms with Crippen molar-refractivity contribution in [2.75, 3.05) is 0 Å². The molecule has 4 rings (SSSR count). The van der Waals surface area contributed by atoms with Gasteiger partial charge < -0.3 is 20.4 Å². The fourth-order valence-corrected chi connectivity index (χ4v) is 9.51. The second-order valence-electron chi connectivity index (χ2n) is 24.0. The van der Waals surface area contributed by atoms with Crippen molar-refractivity contribution in [3.63, 3.8) is 0 Å². The lowest BCUT2D eigenvalue weighted by Gasteiger charge is -2.47. The minimum atomic E-state index is -0.785. The van der Waals surface area contributed by atoms with Crippen molar-refractivity contribution >= 4 is 0 Å². The van der Waals surface area contributed by atoms with Crippen molar-refractivity contribution in [1.29, 1.82) is 0 Å². The maximum atomic E-state index is 12.2. The van der Waals surface area contributed by atoms with Gasteiger partial charge in [0.2, 0.25) is 0 Å². The molecule has 0 aliphatic rings. The highest BCUT2D eigenvalue weighted by Gasteiger charge is 2.48. The van der Waals surface area contributed by atoms with Crippen molar-refractivity contribution in [2.45, 2.75) is 202 Å². The van der Waals surface area contributed by atoms with E-state index in [4.69, 9.17) is 0 Å². The van der Waals surface area contributed by atoms with E-state index in [1.807, 2.05) is 12.1 Å². The number of phenolic OH excluding ortho intramolecular Hbond substituents is 4. The van der Waals surface area contributed by atoms with Crippen LogP contribution in [-0.4, -0.2) is 20.4 Å². The quantitative estimate of drug-likeness (QED) is 0.150. The van der Waals surface area contributed by atoms with Gasteiger partial charge in [-0.05, 0) is 132 Å². The third-order valence-electron chi connectivity index (χ3n) is 12.6. The van der Waals surface area contributed by atoms with Crippen LogP contribution in [-0.2, 0) is 37.9 Å². The van der Waals surface area contributed by atoms with Crippen LogP contribution >= 0.6 is 0 Å². The van der Waals surface area contributed by atoms with E-state index in [2.05, 4.69) is 182 Å². The van der Waals surface area contributed by atoms with Crippen molar-refractivity contribution in [3.8, 4) is 23.0 Å². The van der Waals surface area contributed by atoms with E-state index < -0.39 is 5.41 Å². The lowest BCUT2D eigenvalue weighted by molar-refractivity contribution is 0.390. The van der Waals surface area contributed by atoms with Gasteiger partial charge in [0.1, 0.15) is 23.0 Å². The van der Waals surface area contributed by atoms with Crippen LogP contribution in [0.25, 0.3) is 0 Å². The second-order valence-corrected chi connectivity index (χ2v) is 24.0. The molecule has 0 radical (unpaired) electrons. The Balaban J connectivity index is 2.58. The SMILES string of the molecule is CCCC(c1cc(C(C)(C)C)c(O)cc1C)(c1cc(C(C)(C)C)c(O)cc1C)C(c1cc(C(C)(C)C)c(O)c(C(C)(C)C)c1)c1cc(C(C)(C)C)c(O)c(C(C)(C)C)c1. The largest absolute Gasteiger partial charge is 0.508 e. The molecular weight excluding hydrogens is 725 g/mol. The first-order chi connectivity index (χ1) is 26.5. The highest BCUT2D eigenvalue weighted by molar-refractivity contribution is 5.63. The number of phenols is 4. The van der Waals surface area contributed by atoms with Crippen LogP contribution in [0.1, 0.15) is 217 Å². The van der Waals surface area contributed by atoms with Crippen LogP contribution in [0.15, 0.2) is 48.5 Å². The molecule has 0 amide bonds. The number of hydrogen-bond acceptors (Lipinski definition) is 4. The average Bonchev–Trinajstić information content (AvgIpc) is 3.02. The zero-order valence-corrected chi connectivity index (χ0v) is 40.9. The Hall–Kier alpha value is -3.92. The second kappa shape index (κ2) is 15.5. The van der Waals surface area contributed by atoms with Crippen LogP contribution in [0.3, 0.4) is 0 Å². The van der Waals surface area contributed by atoms with Crippen molar-refractivity contribution in [3.05, 3.63) is 115 Å². The van der Waals surface area contributed by atoms with Gasteiger partial charge in [0.05, 0.1) is 0 Å². The number of aryl methyl sites for hydroxylation is 2. The predicted molar refractivity (Wildman–Crippen MR) is 252 cm³/mol. The first-order valence-electron chi connectivity index (χ1n) is 21.9. The molecule has 0 unspecified atom stereocenters. The van der Waals surface area contributed by atoms with Crippen LogP contribution in [0.4, 0.5) is 0 Å². The van der Waals surface area contributed by atoms with Crippen LogP contribution in [0, 0.1) is 13.8 Å². The smallest absolute Gasteiger partial charge is 0.123 e. The Morgan fingerprint density at radius 3 is 0.847 bits per heavy atom. The highest BCUT2D eigenvalue weighted by Crippen LogP contribution is 2.58. The molecule has 4 heteroatoms. The fraction of sp³-hybridized carbons (Fsp3) is 0.564. The molecule has 4 aromatic carbocycles. The van der Waals surface area contributed by atoms with Crippen LogP contribution in [0.5, 0.6) is 23.0 Å². The van der Waals surface area contributed by atoms with E-state index in [1.165, 1.54) is 0 Å². The Morgan fingerprint density at radius 2 is 0.627 bits per heavy atom. The molecule has 0 spiro atoms. The van der Waals surface area contributed by atoms with E-state index in [1.54, 1.807) is 0 Å². The Labute approximate surface area is 359 Å². The molecule has 0 aliphatic carbocycles. The first-order valence-corrected chi connectivity index (χ1v) is 21.9. The van der Waals surface area contributed by atoms with E-state index >= 15 is 0 Å². The Bertz CT molecular complexity index is 1970. The summed E-state index contributed by atoms with van der Waals surface area (Å²) in [6.07, 6.45) is 1.56. The van der Waals surface area contributed by atoms with Gasteiger partial charge in [-0.25, -0.2) is 0 Å². The monoisotopic (exact) mass is 805 g/mol. The summed E-state index contributed by atoms with van der Waals surface area (Å²) in [7, 11) is 0. The normalized spacial score (nSPS) is 13.7. The number of aromatic hydroxyl groups is 4. The van der Waals surface area contributed by atoms with Gasteiger partial charge in [0.15, 0.2) is 0 Å². The van der Waals surface area contributed by atoms with Gasteiger partial charge in [-0.2, -0.15) is 0 Å². The van der Waals surface area contributed by atoms with Gasteiger partial charge in [0, 0.05) is 11.3 Å². The maximum absolute atomic E-state index is 12.2. The van der Waals surface area contributed by atoms with E-state index in [-0.39, 0.29) is 49.9 Å². The maximum Gasteiger partial charge on any atom is 0.123 e. The van der Waals surface area contributed by atoms with Gasteiger partial charge in [0.25, 0.3) is 0 Å². The molecule has 0 bridgehead atoms. The number of hydrogen-bond donors (Lipinski definition) is 4.